The Balaban J connectivity index is 2.52. The second-order valence-electron chi connectivity index (χ2n) is 4.32. The van der Waals surface area contributed by atoms with E-state index in [0.717, 1.165) is 12.3 Å². The fourth-order valence-electron chi connectivity index (χ4n) is 1.39. The van der Waals surface area contributed by atoms with Crippen molar-refractivity contribution in [2.75, 3.05) is 12.3 Å². The highest BCUT2D eigenvalue weighted by Crippen LogP contribution is 2.26. The zero-order chi connectivity index (χ0) is 12.0. The normalized spacial score (nSPS) is 11.1. The Kier molecular flexibility index (Phi) is 6.47. The van der Waals surface area contributed by atoms with Crippen molar-refractivity contribution in [2.24, 2.45) is 11.7 Å². The average molecular weight is 302 g/mol. The van der Waals surface area contributed by atoms with Gasteiger partial charge in [-0.25, -0.2) is 0 Å². The molecule has 0 aliphatic heterocycles. The molecule has 0 atom stereocenters. The zero-order valence-corrected chi connectivity index (χ0v) is 12.4. The molecule has 3 heteroatoms. The predicted molar refractivity (Wildman–Crippen MR) is 77.1 cm³/mol. The van der Waals surface area contributed by atoms with Gasteiger partial charge in [0.05, 0.1) is 0 Å². The van der Waals surface area contributed by atoms with Gasteiger partial charge in [0.2, 0.25) is 0 Å². The summed E-state index contributed by atoms with van der Waals surface area (Å²) in [5.41, 5.74) is 6.86. The summed E-state index contributed by atoms with van der Waals surface area (Å²) in [5.74, 6) is 1.98. The minimum absolute atomic E-state index is 0.707. The van der Waals surface area contributed by atoms with E-state index in [4.69, 9.17) is 5.73 Å². The van der Waals surface area contributed by atoms with E-state index in [9.17, 15) is 0 Å². The molecular weight excluding hydrogens is 282 g/mol. The van der Waals surface area contributed by atoms with Gasteiger partial charge in [0.15, 0.2) is 0 Å². The van der Waals surface area contributed by atoms with E-state index in [2.05, 4.69) is 48.0 Å². The van der Waals surface area contributed by atoms with Crippen molar-refractivity contribution in [2.45, 2.75) is 31.6 Å². The minimum atomic E-state index is 0.707. The van der Waals surface area contributed by atoms with Gasteiger partial charge in [-0.1, -0.05) is 35.8 Å². The number of benzene rings is 1. The lowest BCUT2D eigenvalue weighted by Crippen LogP contribution is -2.03. The van der Waals surface area contributed by atoms with Gasteiger partial charge in [-0.3, -0.25) is 0 Å². The summed E-state index contributed by atoms with van der Waals surface area (Å²) in [7, 11) is 0. The molecule has 1 aromatic rings. The third kappa shape index (κ3) is 4.89. The molecule has 2 N–H and O–H groups in total. The Labute approximate surface area is 111 Å². The number of nitrogens with two attached hydrogens (primary N) is 1. The van der Waals surface area contributed by atoms with Crippen LogP contribution in [-0.4, -0.2) is 12.3 Å². The molecule has 0 bridgehead atoms. The second-order valence-corrected chi connectivity index (χ2v) is 6.35. The van der Waals surface area contributed by atoms with Gasteiger partial charge < -0.3 is 5.73 Å². The molecule has 0 heterocycles. The highest BCUT2D eigenvalue weighted by molar-refractivity contribution is 9.10. The van der Waals surface area contributed by atoms with Crippen LogP contribution in [0.25, 0.3) is 0 Å². The predicted octanol–water partition coefficient (Wildman–Crippen LogP) is 4.09. The molecule has 0 amide bonds. The summed E-state index contributed by atoms with van der Waals surface area (Å²) in [6.07, 6.45) is 2.21. The van der Waals surface area contributed by atoms with Crippen LogP contribution in [0.4, 0.5) is 0 Å². The van der Waals surface area contributed by atoms with Crippen LogP contribution in [-0.2, 0) is 6.42 Å². The number of thioether (sulfide) groups is 1. The molecule has 0 saturated heterocycles. The van der Waals surface area contributed by atoms with Crippen LogP contribution in [0.5, 0.6) is 0 Å². The molecule has 16 heavy (non-hydrogen) atoms. The Hall–Kier alpha value is 0.01000. The highest BCUT2D eigenvalue weighted by atomic mass is 79.9. The van der Waals surface area contributed by atoms with Gasteiger partial charge in [-0.05, 0) is 48.8 Å². The molecule has 1 aromatic carbocycles. The first kappa shape index (κ1) is 14.1. The smallest absolute Gasteiger partial charge is 0.0218 e. The molecule has 0 aliphatic carbocycles. The monoisotopic (exact) mass is 301 g/mol. The lowest BCUT2D eigenvalue weighted by atomic mass is 10.1. The fourth-order valence-corrected chi connectivity index (χ4v) is 3.31. The van der Waals surface area contributed by atoms with Crippen LogP contribution < -0.4 is 5.73 Å². The third-order valence-electron chi connectivity index (χ3n) is 2.40. The van der Waals surface area contributed by atoms with E-state index in [1.807, 2.05) is 11.8 Å². The van der Waals surface area contributed by atoms with Crippen molar-refractivity contribution in [1.82, 2.24) is 0 Å². The van der Waals surface area contributed by atoms with Gasteiger partial charge in [0.25, 0.3) is 0 Å². The van der Waals surface area contributed by atoms with Crippen molar-refractivity contribution in [1.29, 1.82) is 0 Å². The molecule has 1 nitrogen and oxygen atoms in total. The Morgan fingerprint density at radius 1 is 1.38 bits per heavy atom. The van der Waals surface area contributed by atoms with Crippen molar-refractivity contribution in [3.8, 4) is 0 Å². The minimum Gasteiger partial charge on any atom is -0.330 e. The van der Waals surface area contributed by atoms with Crippen LogP contribution in [0, 0.1) is 5.92 Å². The summed E-state index contributed by atoms with van der Waals surface area (Å²) < 4.78 is 1.19. The highest BCUT2D eigenvalue weighted by Gasteiger charge is 2.02. The molecule has 1 rings (SSSR count). The summed E-state index contributed by atoms with van der Waals surface area (Å²) in [6, 6.07) is 6.57. The number of halogens is 1. The lowest BCUT2D eigenvalue weighted by Gasteiger charge is -2.07. The molecule has 0 unspecified atom stereocenters. The van der Waals surface area contributed by atoms with E-state index in [1.54, 1.807) is 0 Å². The first-order valence-corrected chi connectivity index (χ1v) is 7.52. The maximum atomic E-state index is 5.55. The van der Waals surface area contributed by atoms with Gasteiger partial charge in [-0.2, -0.15) is 0 Å². The Bertz CT molecular complexity index is 326. The molecular formula is C13H20BrNS. The fraction of sp³-hybridized carbons (Fsp3) is 0.538. The number of rotatable bonds is 6. The topological polar surface area (TPSA) is 26.0 Å². The molecule has 90 valence electrons. The Morgan fingerprint density at radius 2 is 2.12 bits per heavy atom. The maximum absolute atomic E-state index is 5.55. The molecule has 0 aromatic heterocycles. The maximum Gasteiger partial charge on any atom is 0.0218 e. The summed E-state index contributed by atoms with van der Waals surface area (Å²) in [5, 5.41) is 0. The van der Waals surface area contributed by atoms with Crippen molar-refractivity contribution in [3.05, 3.63) is 28.2 Å². The second kappa shape index (κ2) is 7.36. The first-order valence-electron chi connectivity index (χ1n) is 5.74. The van der Waals surface area contributed by atoms with E-state index in [1.165, 1.54) is 27.1 Å². The zero-order valence-electron chi connectivity index (χ0n) is 10.0. The van der Waals surface area contributed by atoms with Crippen LogP contribution in [0.1, 0.15) is 25.8 Å². The van der Waals surface area contributed by atoms with E-state index >= 15 is 0 Å². The van der Waals surface area contributed by atoms with Gasteiger partial charge in [0.1, 0.15) is 0 Å². The van der Waals surface area contributed by atoms with Crippen LogP contribution in [0.3, 0.4) is 0 Å². The van der Waals surface area contributed by atoms with Crippen molar-refractivity contribution < 1.29 is 0 Å². The van der Waals surface area contributed by atoms with Crippen molar-refractivity contribution >= 4 is 27.7 Å². The van der Waals surface area contributed by atoms with Gasteiger partial charge >= 0.3 is 0 Å². The molecule has 0 aliphatic rings. The lowest BCUT2D eigenvalue weighted by molar-refractivity contribution is 0.632. The van der Waals surface area contributed by atoms with Crippen LogP contribution in [0.15, 0.2) is 27.6 Å². The SMILES string of the molecule is CC(C)CCSc1ccc(CCN)c(Br)c1. The summed E-state index contributed by atoms with van der Waals surface area (Å²) in [4.78, 5) is 1.34. The van der Waals surface area contributed by atoms with E-state index < -0.39 is 0 Å². The summed E-state index contributed by atoms with van der Waals surface area (Å²) in [6.45, 7) is 5.24. The summed E-state index contributed by atoms with van der Waals surface area (Å²) >= 11 is 5.53. The average Bonchev–Trinajstić information content (AvgIpc) is 2.21. The molecule has 0 radical (unpaired) electrons. The number of hydrogen-bond donors (Lipinski definition) is 1. The van der Waals surface area contributed by atoms with Gasteiger partial charge in [-0.15, -0.1) is 11.8 Å². The van der Waals surface area contributed by atoms with Crippen LogP contribution >= 0.6 is 27.7 Å². The van der Waals surface area contributed by atoms with Gasteiger partial charge in [0, 0.05) is 9.37 Å². The molecule has 0 saturated carbocycles. The van der Waals surface area contributed by atoms with E-state index in [0.29, 0.717) is 6.54 Å². The standard InChI is InChI=1S/C13H20BrNS/c1-10(2)6-8-16-12-4-3-11(5-7-15)13(14)9-12/h3-4,9-10H,5-8,15H2,1-2H3. The number of hydrogen-bond acceptors (Lipinski definition) is 2. The molecule has 0 fully saturated rings. The Morgan fingerprint density at radius 3 is 2.69 bits per heavy atom. The van der Waals surface area contributed by atoms with Crippen molar-refractivity contribution in [3.63, 3.8) is 0 Å². The largest absolute Gasteiger partial charge is 0.330 e. The molecule has 0 spiro atoms. The van der Waals surface area contributed by atoms with E-state index in [-0.39, 0.29) is 0 Å². The van der Waals surface area contributed by atoms with Crippen LogP contribution in [0.2, 0.25) is 0 Å². The third-order valence-corrected chi connectivity index (χ3v) is 4.17. The first-order chi connectivity index (χ1) is 7.63. The quantitative estimate of drug-likeness (QED) is 0.801.